The van der Waals surface area contributed by atoms with Gasteiger partial charge >= 0.3 is 0 Å². The summed E-state index contributed by atoms with van der Waals surface area (Å²) in [5.41, 5.74) is 11.4. The Balaban J connectivity index is 2.33. The quantitative estimate of drug-likeness (QED) is 0.730. The second kappa shape index (κ2) is 2.64. The number of aromatic nitrogens is 1. The molecule has 0 aliphatic heterocycles. The van der Waals surface area contributed by atoms with Crippen molar-refractivity contribution in [2.75, 3.05) is 0 Å². The number of benzene rings is 1. The average molecular weight is 200 g/mol. The Morgan fingerprint density at radius 3 is 2.67 bits per heavy atom. The number of aromatic amines is 1. The van der Waals surface area contributed by atoms with E-state index in [-0.39, 0.29) is 5.54 Å². The van der Waals surface area contributed by atoms with E-state index in [2.05, 4.69) is 37.2 Å². The predicted octanol–water partition coefficient (Wildman–Crippen LogP) is 2.73. The molecule has 2 heteroatoms. The van der Waals surface area contributed by atoms with Crippen LogP contribution >= 0.6 is 0 Å². The first-order chi connectivity index (χ1) is 7.10. The first-order valence-corrected chi connectivity index (χ1v) is 5.48. The van der Waals surface area contributed by atoms with E-state index >= 15 is 0 Å². The molecule has 1 aromatic carbocycles. The minimum atomic E-state index is -0.0434. The number of nitrogens with one attached hydrogen (secondary N) is 1. The van der Waals surface area contributed by atoms with E-state index in [1.54, 1.807) is 0 Å². The summed E-state index contributed by atoms with van der Waals surface area (Å²) in [6, 6.07) is 4.42. The standard InChI is InChI=1S/C13H16N2/c1-8-5-9(2)12-10(13(14)3-4-13)7-15-11(12)6-8/h5-7,15H,3-4,14H2,1-2H3. The largest absolute Gasteiger partial charge is 0.361 e. The Morgan fingerprint density at radius 1 is 1.27 bits per heavy atom. The highest BCUT2D eigenvalue weighted by molar-refractivity contribution is 5.88. The summed E-state index contributed by atoms with van der Waals surface area (Å²) in [5.74, 6) is 0. The number of aryl methyl sites for hydroxylation is 2. The van der Waals surface area contributed by atoms with Crippen LogP contribution in [0.4, 0.5) is 0 Å². The van der Waals surface area contributed by atoms with Gasteiger partial charge in [0, 0.05) is 22.6 Å². The molecule has 15 heavy (non-hydrogen) atoms. The first-order valence-electron chi connectivity index (χ1n) is 5.48. The molecule has 3 rings (SSSR count). The Labute approximate surface area is 89.5 Å². The van der Waals surface area contributed by atoms with Gasteiger partial charge in [-0.1, -0.05) is 6.07 Å². The fraction of sp³-hybridized carbons (Fsp3) is 0.385. The van der Waals surface area contributed by atoms with Gasteiger partial charge in [0.1, 0.15) is 0 Å². The molecule has 0 unspecified atom stereocenters. The maximum absolute atomic E-state index is 6.27. The van der Waals surface area contributed by atoms with Gasteiger partial charge in [-0.15, -0.1) is 0 Å². The van der Waals surface area contributed by atoms with Gasteiger partial charge in [0.15, 0.2) is 0 Å². The van der Waals surface area contributed by atoms with E-state index in [4.69, 9.17) is 5.73 Å². The smallest absolute Gasteiger partial charge is 0.0462 e. The van der Waals surface area contributed by atoms with E-state index in [1.165, 1.54) is 27.6 Å². The van der Waals surface area contributed by atoms with Gasteiger partial charge in [-0.3, -0.25) is 0 Å². The lowest BCUT2D eigenvalue weighted by Gasteiger charge is -2.09. The Bertz CT molecular complexity index is 533. The number of rotatable bonds is 1. The summed E-state index contributed by atoms with van der Waals surface area (Å²) in [5, 5.41) is 1.33. The van der Waals surface area contributed by atoms with E-state index in [9.17, 15) is 0 Å². The van der Waals surface area contributed by atoms with Crippen molar-refractivity contribution in [1.29, 1.82) is 0 Å². The molecule has 1 heterocycles. The highest BCUT2D eigenvalue weighted by Crippen LogP contribution is 2.46. The molecule has 0 saturated heterocycles. The molecule has 1 aliphatic rings. The normalized spacial score (nSPS) is 18.3. The molecule has 1 saturated carbocycles. The molecule has 1 fully saturated rings. The average Bonchev–Trinajstić information content (AvgIpc) is 2.76. The molecular formula is C13H16N2. The molecule has 0 radical (unpaired) electrons. The number of hydrogen-bond donors (Lipinski definition) is 2. The van der Waals surface area contributed by atoms with Crippen molar-refractivity contribution in [3.8, 4) is 0 Å². The van der Waals surface area contributed by atoms with E-state index in [1.807, 2.05) is 0 Å². The van der Waals surface area contributed by atoms with Crippen LogP contribution in [0.3, 0.4) is 0 Å². The van der Waals surface area contributed by atoms with Crippen molar-refractivity contribution in [1.82, 2.24) is 4.98 Å². The maximum atomic E-state index is 6.27. The highest BCUT2D eigenvalue weighted by Gasteiger charge is 2.41. The van der Waals surface area contributed by atoms with Crippen LogP contribution in [0.5, 0.6) is 0 Å². The molecule has 2 nitrogen and oxygen atoms in total. The monoisotopic (exact) mass is 200 g/mol. The fourth-order valence-corrected chi connectivity index (χ4v) is 2.46. The molecule has 1 aromatic heterocycles. The van der Waals surface area contributed by atoms with Crippen molar-refractivity contribution < 1.29 is 0 Å². The van der Waals surface area contributed by atoms with Crippen molar-refractivity contribution in [2.45, 2.75) is 32.2 Å². The second-order valence-corrected chi connectivity index (χ2v) is 4.86. The van der Waals surface area contributed by atoms with Crippen molar-refractivity contribution in [2.24, 2.45) is 5.73 Å². The topological polar surface area (TPSA) is 41.8 Å². The molecule has 3 N–H and O–H groups in total. The lowest BCUT2D eigenvalue weighted by Crippen LogP contribution is -2.18. The van der Waals surface area contributed by atoms with Crippen LogP contribution < -0.4 is 5.73 Å². The lowest BCUT2D eigenvalue weighted by molar-refractivity contribution is 0.747. The Kier molecular flexibility index (Phi) is 1.58. The minimum absolute atomic E-state index is 0.0434. The van der Waals surface area contributed by atoms with Crippen LogP contribution in [0.1, 0.15) is 29.5 Å². The summed E-state index contributed by atoms with van der Waals surface area (Å²) >= 11 is 0. The molecular weight excluding hydrogens is 184 g/mol. The summed E-state index contributed by atoms with van der Waals surface area (Å²) < 4.78 is 0. The molecule has 2 aromatic rings. The van der Waals surface area contributed by atoms with Crippen molar-refractivity contribution in [3.05, 3.63) is 35.0 Å². The number of hydrogen-bond acceptors (Lipinski definition) is 1. The third-order valence-corrected chi connectivity index (χ3v) is 3.45. The maximum Gasteiger partial charge on any atom is 0.0462 e. The van der Waals surface area contributed by atoms with Gasteiger partial charge in [0.25, 0.3) is 0 Å². The number of nitrogens with two attached hydrogens (primary N) is 1. The first kappa shape index (κ1) is 8.98. The third kappa shape index (κ3) is 1.21. The summed E-state index contributed by atoms with van der Waals surface area (Å²) in [7, 11) is 0. The van der Waals surface area contributed by atoms with Gasteiger partial charge in [-0.05, 0) is 49.4 Å². The summed E-state index contributed by atoms with van der Waals surface area (Å²) in [6.07, 6.45) is 4.32. The van der Waals surface area contributed by atoms with Crippen LogP contribution in [-0.2, 0) is 5.54 Å². The fourth-order valence-electron chi connectivity index (χ4n) is 2.46. The van der Waals surface area contributed by atoms with Gasteiger partial charge in [0.2, 0.25) is 0 Å². The zero-order valence-corrected chi connectivity index (χ0v) is 9.22. The van der Waals surface area contributed by atoms with E-state index in [0.29, 0.717) is 0 Å². The molecule has 1 aliphatic carbocycles. The SMILES string of the molecule is Cc1cc(C)c2c(C3(N)CC3)c[nH]c2c1. The highest BCUT2D eigenvalue weighted by atomic mass is 14.8. The minimum Gasteiger partial charge on any atom is -0.361 e. The van der Waals surface area contributed by atoms with E-state index in [0.717, 1.165) is 12.8 Å². The summed E-state index contributed by atoms with van der Waals surface area (Å²) in [4.78, 5) is 3.34. The van der Waals surface area contributed by atoms with Crippen molar-refractivity contribution >= 4 is 10.9 Å². The molecule has 0 spiro atoms. The Morgan fingerprint density at radius 2 is 2.00 bits per heavy atom. The van der Waals surface area contributed by atoms with Crippen LogP contribution in [-0.4, -0.2) is 4.98 Å². The zero-order valence-electron chi connectivity index (χ0n) is 9.22. The number of H-pyrrole nitrogens is 1. The predicted molar refractivity (Wildman–Crippen MR) is 62.9 cm³/mol. The molecule has 78 valence electrons. The van der Waals surface area contributed by atoms with Gasteiger partial charge in [-0.2, -0.15) is 0 Å². The van der Waals surface area contributed by atoms with E-state index < -0.39 is 0 Å². The van der Waals surface area contributed by atoms with Gasteiger partial charge < -0.3 is 10.7 Å². The van der Waals surface area contributed by atoms with Gasteiger partial charge in [0.05, 0.1) is 0 Å². The number of fused-ring (bicyclic) bond motifs is 1. The zero-order chi connectivity index (χ0) is 10.6. The molecule has 0 amide bonds. The van der Waals surface area contributed by atoms with Crippen LogP contribution in [0.15, 0.2) is 18.3 Å². The summed E-state index contributed by atoms with van der Waals surface area (Å²) in [6.45, 7) is 4.29. The van der Waals surface area contributed by atoms with Crippen LogP contribution in [0, 0.1) is 13.8 Å². The van der Waals surface area contributed by atoms with Crippen molar-refractivity contribution in [3.63, 3.8) is 0 Å². The lowest BCUT2D eigenvalue weighted by atomic mass is 9.99. The second-order valence-electron chi connectivity index (χ2n) is 4.86. The Hall–Kier alpha value is -1.28. The molecule has 0 bridgehead atoms. The van der Waals surface area contributed by atoms with Crippen LogP contribution in [0.25, 0.3) is 10.9 Å². The molecule has 0 atom stereocenters. The third-order valence-electron chi connectivity index (χ3n) is 3.45. The van der Waals surface area contributed by atoms with Crippen LogP contribution in [0.2, 0.25) is 0 Å². The van der Waals surface area contributed by atoms with Gasteiger partial charge in [-0.25, -0.2) is 0 Å².